The zero-order valence-corrected chi connectivity index (χ0v) is 20.3. The van der Waals surface area contributed by atoms with E-state index in [-0.39, 0.29) is 24.1 Å². The normalized spacial score (nSPS) is 20.9. The lowest BCUT2D eigenvalue weighted by atomic mass is 9.69. The molecule has 37 heavy (non-hydrogen) atoms. The van der Waals surface area contributed by atoms with Crippen LogP contribution in [0.5, 0.6) is 5.75 Å². The minimum atomic E-state index is -4.78. The molecule has 12 heteroatoms. The third kappa shape index (κ3) is 5.53. The van der Waals surface area contributed by atoms with E-state index in [2.05, 4.69) is 15.5 Å². The van der Waals surface area contributed by atoms with Crippen LogP contribution in [0.25, 0.3) is 5.69 Å². The number of aliphatic hydroxyl groups excluding tert-OH is 1. The lowest BCUT2D eigenvalue weighted by Crippen LogP contribution is -2.48. The third-order valence-corrected chi connectivity index (χ3v) is 6.94. The summed E-state index contributed by atoms with van der Waals surface area (Å²) in [7, 11) is 1.40. The fraction of sp³-hybridized carbons (Fsp3) is 0.440. The minimum Gasteiger partial charge on any atom is -0.496 e. The van der Waals surface area contributed by atoms with E-state index in [0.717, 1.165) is 18.4 Å². The molecule has 4 rings (SSSR count). The highest BCUT2D eigenvalue weighted by atomic mass is 19.4. The maximum Gasteiger partial charge on any atom is 0.453 e. The van der Waals surface area contributed by atoms with Gasteiger partial charge in [0.1, 0.15) is 5.75 Å². The van der Waals surface area contributed by atoms with E-state index in [4.69, 9.17) is 4.74 Å². The van der Waals surface area contributed by atoms with Crippen molar-refractivity contribution < 1.29 is 32.9 Å². The number of rotatable bonds is 7. The van der Waals surface area contributed by atoms with Crippen LogP contribution in [0.15, 0.2) is 48.5 Å². The van der Waals surface area contributed by atoms with Crippen molar-refractivity contribution in [3.8, 4) is 11.4 Å². The molecule has 0 bridgehead atoms. The number of benzene rings is 2. The predicted octanol–water partition coefficient (Wildman–Crippen LogP) is 4.50. The molecule has 4 atom stereocenters. The molecule has 1 saturated carbocycles. The molecule has 2 N–H and O–H groups in total. The van der Waals surface area contributed by atoms with Gasteiger partial charge in [0.2, 0.25) is 0 Å². The molecule has 9 nitrogen and oxygen atoms in total. The van der Waals surface area contributed by atoms with Crippen molar-refractivity contribution in [1.82, 2.24) is 25.1 Å². The fourth-order valence-electron chi connectivity index (χ4n) is 5.31. The van der Waals surface area contributed by atoms with E-state index in [1.54, 1.807) is 6.92 Å². The average Bonchev–Trinajstić information content (AvgIpc) is 3.38. The summed E-state index contributed by atoms with van der Waals surface area (Å²) in [5.41, 5.74) is 1.30. The first-order valence-corrected chi connectivity index (χ1v) is 11.9. The van der Waals surface area contributed by atoms with Crippen molar-refractivity contribution >= 4 is 6.09 Å². The van der Waals surface area contributed by atoms with Crippen LogP contribution in [-0.2, 0) is 12.7 Å². The topological polar surface area (TPSA) is 114 Å². The number of carbonyl (C=O) groups is 1. The molecule has 3 aromatic rings. The quantitative estimate of drug-likeness (QED) is 0.472. The number of amides is 1. The number of halogens is 3. The van der Waals surface area contributed by atoms with Gasteiger partial charge in [-0.1, -0.05) is 36.8 Å². The summed E-state index contributed by atoms with van der Waals surface area (Å²) in [4.78, 5) is 13.9. The van der Waals surface area contributed by atoms with Crippen LogP contribution in [0, 0.1) is 5.92 Å². The van der Waals surface area contributed by atoms with E-state index >= 15 is 0 Å². The summed E-state index contributed by atoms with van der Waals surface area (Å²) in [6.45, 7) is 1.57. The number of alkyl halides is 3. The van der Waals surface area contributed by atoms with Crippen LogP contribution in [-0.4, -0.2) is 60.7 Å². The highest BCUT2D eigenvalue weighted by Gasteiger charge is 2.42. The molecule has 198 valence electrons. The molecule has 1 aliphatic rings. The smallest absolute Gasteiger partial charge is 0.453 e. The maximum absolute atomic E-state index is 13.4. The zero-order chi connectivity index (χ0) is 26.7. The largest absolute Gasteiger partial charge is 0.496 e. The summed E-state index contributed by atoms with van der Waals surface area (Å²) >= 11 is 0. The van der Waals surface area contributed by atoms with Crippen molar-refractivity contribution in [2.75, 3.05) is 7.11 Å². The number of ether oxygens (including phenoxy) is 1. The molecule has 0 radical (unpaired) electrons. The Morgan fingerprint density at radius 2 is 1.95 bits per heavy atom. The Bertz CT molecular complexity index is 1220. The number of aliphatic hydroxyl groups is 1. The molecule has 0 spiro atoms. The van der Waals surface area contributed by atoms with Gasteiger partial charge in [-0.2, -0.15) is 17.9 Å². The molecule has 0 saturated heterocycles. The van der Waals surface area contributed by atoms with Crippen molar-refractivity contribution in [2.45, 2.75) is 57.0 Å². The van der Waals surface area contributed by atoms with Gasteiger partial charge in [0.25, 0.3) is 5.82 Å². The Kier molecular flexibility index (Phi) is 7.67. The van der Waals surface area contributed by atoms with Crippen LogP contribution < -0.4 is 4.74 Å². The van der Waals surface area contributed by atoms with Gasteiger partial charge in [-0.05, 0) is 59.9 Å². The number of hydrogen-bond donors (Lipinski definition) is 2. The first kappa shape index (κ1) is 26.4. The fourth-order valence-corrected chi connectivity index (χ4v) is 5.31. The average molecular weight is 520 g/mol. The second kappa shape index (κ2) is 10.8. The summed E-state index contributed by atoms with van der Waals surface area (Å²) in [6.07, 6.45) is -4.56. The van der Waals surface area contributed by atoms with Crippen molar-refractivity contribution in [1.29, 1.82) is 0 Å². The maximum atomic E-state index is 13.4. The van der Waals surface area contributed by atoms with Gasteiger partial charge in [-0.3, -0.25) is 0 Å². The summed E-state index contributed by atoms with van der Waals surface area (Å²) in [5.74, 6) is -1.41. The van der Waals surface area contributed by atoms with Gasteiger partial charge < -0.3 is 19.8 Å². The molecule has 1 heterocycles. The summed E-state index contributed by atoms with van der Waals surface area (Å²) in [6, 6.07) is 13.2. The van der Waals surface area contributed by atoms with Crippen LogP contribution in [0.2, 0.25) is 0 Å². The van der Waals surface area contributed by atoms with Crippen molar-refractivity contribution in [3.05, 3.63) is 65.5 Å². The Morgan fingerprint density at radius 3 is 2.57 bits per heavy atom. The third-order valence-electron chi connectivity index (χ3n) is 6.94. The number of methoxy groups -OCH3 is 1. The summed E-state index contributed by atoms with van der Waals surface area (Å²) in [5, 5.41) is 30.5. The summed E-state index contributed by atoms with van der Waals surface area (Å²) < 4.78 is 46.1. The van der Waals surface area contributed by atoms with Gasteiger partial charge >= 0.3 is 12.3 Å². The lowest BCUT2D eigenvalue weighted by Gasteiger charge is -2.44. The van der Waals surface area contributed by atoms with E-state index in [9.17, 15) is 28.2 Å². The van der Waals surface area contributed by atoms with E-state index < -0.39 is 30.2 Å². The minimum absolute atomic E-state index is 0.0172. The van der Waals surface area contributed by atoms with E-state index in [0.29, 0.717) is 22.4 Å². The van der Waals surface area contributed by atoms with Crippen molar-refractivity contribution in [3.63, 3.8) is 0 Å². The molecule has 1 amide bonds. The number of carboxylic acid groups (broad SMARTS) is 1. The first-order chi connectivity index (χ1) is 17.6. The van der Waals surface area contributed by atoms with Crippen LogP contribution in [0.4, 0.5) is 18.0 Å². The Labute approximate surface area is 211 Å². The first-order valence-electron chi connectivity index (χ1n) is 11.9. The van der Waals surface area contributed by atoms with E-state index in [1.165, 1.54) is 30.2 Å². The lowest BCUT2D eigenvalue weighted by molar-refractivity contribution is -0.146. The molecule has 0 aliphatic heterocycles. The van der Waals surface area contributed by atoms with Gasteiger partial charge in [-0.15, -0.1) is 5.10 Å². The molecule has 1 fully saturated rings. The van der Waals surface area contributed by atoms with Crippen LogP contribution in [0.3, 0.4) is 0 Å². The number of tetrazole rings is 1. The molecular weight excluding hydrogens is 491 g/mol. The molecule has 1 aliphatic carbocycles. The van der Waals surface area contributed by atoms with Crippen LogP contribution >= 0.6 is 0 Å². The molecule has 1 aromatic heterocycles. The predicted molar refractivity (Wildman–Crippen MR) is 126 cm³/mol. The number of hydrogen-bond acceptors (Lipinski definition) is 6. The van der Waals surface area contributed by atoms with Gasteiger partial charge in [0.05, 0.1) is 25.4 Å². The highest BCUT2D eigenvalue weighted by Crippen LogP contribution is 2.43. The Balaban J connectivity index is 1.74. The second-order valence-electron chi connectivity index (χ2n) is 9.16. The molecular formula is C25H28F3N5O4. The molecule has 2 unspecified atom stereocenters. The van der Waals surface area contributed by atoms with Crippen LogP contribution in [0.1, 0.15) is 49.1 Å². The van der Waals surface area contributed by atoms with Gasteiger partial charge in [0.15, 0.2) is 0 Å². The second-order valence-corrected chi connectivity index (χ2v) is 9.16. The molecule has 2 aromatic carbocycles. The monoisotopic (exact) mass is 519 g/mol. The zero-order valence-electron chi connectivity index (χ0n) is 20.3. The van der Waals surface area contributed by atoms with Gasteiger partial charge in [-0.25, -0.2) is 4.79 Å². The van der Waals surface area contributed by atoms with E-state index in [1.807, 2.05) is 30.3 Å². The number of nitrogens with zero attached hydrogens (tertiary/aromatic N) is 5. The SMILES string of the molecule is COc1ccc(-n2nnnc2C(F)(F)F)cc1CN(C(=O)O)C1CCC[C@H](C(C)O)[C@H]1c1ccccc1. The Morgan fingerprint density at radius 1 is 1.22 bits per heavy atom. The van der Waals surface area contributed by atoms with Gasteiger partial charge in [0, 0.05) is 17.5 Å². The van der Waals surface area contributed by atoms with Crippen molar-refractivity contribution in [2.24, 2.45) is 5.92 Å². The number of aromatic nitrogens is 4. The Hall–Kier alpha value is -3.67. The highest BCUT2D eigenvalue weighted by molar-refractivity contribution is 5.66. The standard InChI is InChI=1S/C25H28F3N5O4/c1-15(34)19-9-6-10-20(22(19)16-7-4-3-5-8-16)32(24(35)36)14-17-13-18(11-12-21(17)37-2)33-23(25(26,27)28)29-30-31-33/h3-5,7-8,11-13,15,19-20,22,34H,6,9-10,14H2,1-2H3,(H,35,36)/t15?,19-,20?,22-/m1/s1.